The van der Waals surface area contributed by atoms with E-state index in [1.54, 1.807) is 0 Å². The van der Waals surface area contributed by atoms with Gasteiger partial charge in [-0.25, -0.2) is 4.79 Å². The molecule has 0 saturated carbocycles. The van der Waals surface area contributed by atoms with E-state index in [0.717, 1.165) is 64.3 Å². The Morgan fingerprint density at radius 1 is 0.733 bits per heavy atom. The summed E-state index contributed by atoms with van der Waals surface area (Å²) >= 11 is 0. The van der Waals surface area contributed by atoms with Gasteiger partial charge < -0.3 is 14.6 Å². The second-order valence-corrected chi connectivity index (χ2v) is 12.3. The molecule has 1 fully saturated rings. The van der Waals surface area contributed by atoms with Gasteiger partial charge in [0.15, 0.2) is 0 Å². The minimum absolute atomic E-state index is 0.226. The Bertz CT molecular complexity index is 1500. The minimum atomic E-state index is -0.918. The van der Waals surface area contributed by atoms with E-state index in [9.17, 15) is 4.79 Å². The lowest BCUT2D eigenvalue weighted by Crippen LogP contribution is -2.48. The van der Waals surface area contributed by atoms with Crippen LogP contribution in [0.5, 0.6) is 5.75 Å². The summed E-state index contributed by atoms with van der Waals surface area (Å²) in [4.78, 5) is 15.4. The number of hydrogen-bond donors (Lipinski definition) is 1. The lowest BCUT2D eigenvalue weighted by molar-refractivity contribution is -0.142. The first-order chi connectivity index (χ1) is 22.1. The molecule has 1 heterocycles. The third-order valence-corrected chi connectivity index (χ3v) is 9.31. The molecule has 2 aliphatic rings. The van der Waals surface area contributed by atoms with Crippen molar-refractivity contribution in [2.45, 2.75) is 31.1 Å². The van der Waals surface area contributed by atoms with Crippen molar-refractivity contribution in [3.05, 3.63) is 137 Å². The number of carboxylic acids is 1. The fourth-order valence-corrected chi connectivity index (χ4v) is 6.94. The summed E-state index contributed by atoms with van der Waals surface area (Å²) in [5.41, 5.74) is 8.42. The first-order valence-electron chi connectivity index (χ1n) is 16.3. The second kappa shape index (κ2) is 15.3. The monoisotopic (exact) mass is 604 g/mol. The maximum atomic E-state index is 10.6. The predicted molar refractivity (Wildman–Crippen MR) is 178 cm³/mol. The van der Waals surface area contributed by atoms with Gasteiger partial charge in [0.1, 0.15) is 19.0 Å². The zero-order valence-corrected chi connectivity index (χ0v) is 26.0. The number of rotatable bonds is 13. The molecule has 0 radical (unpaired) electrons. The molecule has 6 rings (SSSR count). The minimum Gasteiger partial charge on any atom is -0.492 e. The van der Waals surface area contributed by atoms with Crippen molar-refractivity contribution in [2.75, 3.05) is 59.1 Å². The molecule has 234 valence electrons. The number of carboxylic acid groups (broad SMARTS) is 1. The normalized spacial score (nSPS) is 18.8. The topological polar surface area (TPSA) is 62.2 Å². The highest BCUT2D eigenvalue weighted by Crippen LogP contribution is 2.46. The maximum absolute atomic E-state index is 10.6. The molecule has 1 N–H and O–H groups in total. The average Bonchev–Trinajstić information content (AvgIpc) is 3.08. The van der Waals surface area contributed by atoms with Gasteiger partial charge in [-0.2, -0.15) is 0 Å². The molecule has 0 spiro atoms. The summed E-state index contributed by atoms with van der Waals surface area (Å²) in [6.45, 7) is 6.44. The Kier molecular flexibility index (Phi) is 10.6. The molecule has 6 heteroatoms. The van der Waals surface area contributed by atoms with Crippen molar-refractivity contribution in [2.24, 2.45) is 0 Å². The van der Waals surface area contributed by atoms with E-state index < -0.39 is 5.97 Å². The van der Waals surface area contributed by atoms with Gasteiger partial charge in [-0.15, -0.1) is 0 Å². The summed E-state index contributed by atoms with van der Waals surface area (Å²) in [7, 11) is 0. The van der Waals surface area contributed by atoms with Crippen LogP contribution in [0.25, 0.3) is 0 Å². The predicted octanol–water partition coefficient (Wildman–Crippen LogP) is 6.24. The molecule has 0 aromatic heterocycles. The zero-order valence-electron chi connectivity index (χ0n) is 26.0. The summed E-state index contributed by atoms with van der Waals surface area (Å²) < 4.78 is 11.4. The van der Waals surface area contributed by atoms with Crippen molar-refractivity contribution >= 4 is 5.97 Å². The van der Waals surface area contributed by atoms with Crippen LogP contribution >= 0.6 is 0 Å². The number of aryl methyl sites for hydroxylation is 1. The number of nitrogens with zero attached hydrogens (tertiary/aromatic N) is 2. The van der Waals surface area contributed by atoms with E-state index >= 15 is 0 Å². The molecule has 0 amide bonds. The van der Waals surface area contributed by atoms with Crippen LogP contribution in [0, 0.1) is 0 Å². The van der Waals surface area contributed by atoms with Crippen LogP contribution in [-0.2, 0) is 22.4 Å². The summed E-state index contributed by atoms with van der Waals surface area (Å²) in [5.74, 6) is 0.742. The fourth-order valence-electron chi connectivity index (χ4n) is 6.94. The van der Waals surface area contributed by atoms with Gasteiger partial charge in [0.2, 0.25) is 0 Å². The van der Waals surface area contributed by atoms with Gasteiger partial charge in [-0.3, -0.25) is 9.80 Å². The van der Waals surface area contributed by atoms with Crippen molar-refractivity contribution in [1.29, 1.82) is 0 Å². The van der Waals surface area contributed by atoms with Gasteiger partial charge in [0.25, 0.3) is 0 Å². The average molecular weight is 605 g/mol. The summed E-state index contributed by atoms with van der Waals surface area (Å²) in [6, 6.07) is 37.8. The van der Waals surface area contributed by atoms with Crippen LogP contribution in [0.4, 0.5) is 0 Å². The molecule has 4 aromatic carbocycles. The van der Waals surface area contributed by atoms with Gasteiger partial charge in [0.05, 0.1) is 6.61 Å². The third-order valence-electron chi connectivity index (χ3n) is 9.31. The van der Waals surface area contributed by atoms with Crippen LogP contribution in [0.15, 0.2) is 103 Å². The largest absolute Gasteiger partial charge is 0.492 e. The second-order valence-electron chi connectivity index (χ2n) is 12.3. The molecule has 1 aliphatic heterocycles. The third kappa shape index (κ3) is 8.40. The van der Waals surface area contributed by atoms with Crippen LogP contribution in [0.2, 0.25) is 0 Å². The van der Waals surface area contributed by atoms with E-state index in [1.807, 2.05) is 0 Å². The van der Waals surface area contributed by atoms with E-state index in [2.05, 4.69) is 113 Å². The van der Waals surface area contributed by atoms with Crippen molar-refractivity contribution in [3.63, 3.8) is 0 Å². The Labute approximate surface area is 267 Å². The first-order valence-corrected chi connectivity index (χ1v) is 16.3. The number of ether oxygens (including phenoxy) is 2. The summed E-state index contributed by atoms with van der Waals surface area (Å²) in [5, 5.41) is 8.70. The highest BCUT2D eigenvalue weighted by Gasteiger charge is 2.32. The van der Waals surface area contributed by atoms with E-state index in [1.165, 1.54) is 33.4 Å². The number of carbonyl (C=O) groups is 1. The van der Waals surface area contributed by atoms with Gasteiger partial charge >= 0.3 is 5.97 Å². The highest BCUT2D eigenvalue weighted by atomic mass is 16.5. The number of aliphatic carboxylic acids is 1. The van der Waals surface area contributed by atoms with Gasteiger partial charge in [0, 0.05) is 45.2 Å². The quantitative estimate of drug-likeness (QED) is 0.183. The molecular formula is C39H44N2O4. The lowest BCUT2D eigenvalue weighted by Gasteiger charge is -2.35. The molecule has 6 nitrogen and oxygen atoms in total. The van der Waals surface area contributed by atoms with Crippen molar-refractivity contribution < 1.29 is 19.4 Å². The Morgan fingerprint density at radius 3 is 2.09 bits per heavy atom. The Hall–Kier alpha value is -3.97. The standard InChI is InChI=1S/C39H44N2O4/c42-38(43)29-44-25-23-40-19-21-41(22-20-40)24-26-45-35-15-12-33(13-16-35)39-36(32-9-5-2-6-10-32)18-14-34-28-31(11-17-37(34)39)27-30-7-3-1-4-8-30/h1-13,15-17,28,36,39H,14,18-27,29H2,(H,42,43). The molecule has 1 saturated heterocycles. The van der Waals surface area contributed by atoms with Crippen molar-refractivity contribution in [1.82, 2.24) is 9.80 Å². The van der Waals surface area contributed by atoms with Gasteiger partial charge in [-0.05, 0) is 70.7 Å². The summed E-state index contributed by atoms with van der Waals surface area (Å²) in [6.07, 6.45) is 3.20. The zero-order chi connectivity index (χ0) is 30.8. The van der Waals surface area contributed by atoms with Crippen LogP contribution in [0.3, 0.4) is 0 Å². The number of piperazine rings is 1. The molecular weight excluding hydrogens is 560 g/mol. The Balaban J connectivity index is 1.07. The molecule has 1 aliphatic carbocycles. The molecule has 45 heavy (non-hydrogen) atoms. The molecule has 2 atom stereocenters. The molecule has 4 aromatic rings. The van der Waals surface area contributed by atoms with Gasteiger partial charge in [-0.1, -0.05) is 91.0 Å². The van der Waals surface area contributed by atoms with Crippen LogP contribution < -0.4 is 4.74 Å². The smallest absolute Gasteiger partial charge is 0.329 e. The Morgan fingerprint density at radius 2 is 1.40 bits per heavy atom. The van der Waals surface area contributed by atoms with Crippen LogP contribution in [-0.4, -0.2) is 80.0 Å². The van der Waals surface area contributed by atoms with Crippen LogP contribution in [0.1, 0.15) is 51.6 Å². The van der Waals surface area contributed by atoms with E-state index in [0.29, 0.717) is 25.0 Å². The SMILES string of the molecule is O=C(O)COCCN1CCN(CCOc2ccc(C3c4ccc(Cc5ccccc5)cc4CCC3c3ccccc3)cc2)CC1. The van der Waals surface area contributed by atoms with E-state index in [4.69, 9.17) is 14.6 Å². The molecule has 0 bridgehead atoms. The number of fused-ring (bicyclic) bond motifs is 1. The fraction of sp³-hybridized carbons (Fsp3) is 0.359. The highest BCUT2D eigenvalue weighted by molar-refractivity contribution is 5.68. The van der Waals surface area contributed by atoms with Crippen molar-refractivity contribution in [3.8, 4) is 5.75 Å². The number of benzene rings is 4. The number of hydrogen-bond acceptors (Lipinski definition) is 5. The molecule has 2 unspecified atom stereocenters. The maximum Gasteiger partial charge on any atom is 0.329 e. The lowest BCUT2D eigenvalue weighted by atomic mass is 9.69. The first kappa shape index (κ1) is 31.0. The van der Waals surface area contributed by atoms with E-state index in [-0.39, 0.29) is 6.61 Å².